The van der Waals surface area contributed by atoms with E-state index in [0.29, 0.717) is 13.5 Å². The average molecular weight is 187 g/mol. The molecule has 0 fully saturated rings. The summed E-state index contributed by atoms with van der Waals surface area (Å²) >= 11 is 0. The van der Waals surface area contributed by atoms with Gasteiger partial charge in [0.15, 0.2) is 0 Å². The van der Waals surface area contributed by atoms with Crippen LogP contribution in [0, 0.1) is 0 Å². The molecule has 0 atom stereocenters. The highest BCUT2D eigenvalue weighted by atomic mass is 19.3. The minimum absolute atomic E-state index is 0.143. The fourth-order valence-electron chi connectivity index (χ4n) is 0.901. The van der Waals surface area contributed by atoms with E-state index in [9.17, 15) is 8.78 Å². The van der Waals surface area contributed by atoms with Gasteiger partial charge in [0.1, 0.15) is 5.75 Å². The summed E-state index contributed by atoms with van der Waals surface area (Å²) < 4.78 is 29.0. The molecule has 72 valence electrons. The Morgan fingerprint density at radius 2 is 1.85 bits per heavy atom. The first kappa shape index (κ1) is 9.92. The lowest BCUT2D eigenvalue weighted by molar-refractivity contribution is -0.158. The van der Waals surface area contributed by atoms with Crippen LogP contribution in [0.2, 0.25) is 0 Å². The maximum absolute atomic E-state index is 12.3. The summed E-state index contributed by atoms with van der Waals surface area (Å²) in [6, 6.07) is 6.25. The molecule has 1 rings (SSSR count). The molecule has 0 saturated heterocycles. The van der Waals surface area contributed by atoms with Crippen LogP contribution in [0.3, 0.4) is 0 Å². The van der Waals surface area contributed by atoms with Crippen molar-refractivity contribution in [1.82, 2.24) is 0 Å². The average Bonchev–Trinajstić information content (AvgIpc) is 2.03. The van der Waals surface area contributed by atoms with Gasteiger partial charge in [0, 0.05) is 13.5 Å². The Labute approximate surface area is 75.3 Å². The maximum Gasteiger partial charge on any atom is 0.394 e. The van der Waals surface area contributed by atoms with Gasteiger partial charge in [-0.25, -0.2) is 0 Å². The van der Waals surface area contributed by atoms with Gasteiger partial charge in [-0.1, -0.05) is 12.1 Å². The molecule has 0 amide bonds. The topological polar surface area (TPSA) is 35.2 Å². The van der Waals surface area contributed by atoms with Crippen molar-refractivity contribution in [3.8, 4) is 5.75 Å². The molecule has 2 nitrogen and oxygen atoms in total. The van der Waals surface area contributed by atoms with Crippen LogP contribution in [-0.4, -0.2) is 6.11 Å². The number of rotatable bonds is 3. The Morgan fingerprint density at radius 1 is 1.31 bits per heavy atom. The molecular formula is C9H11F2NO. The predicted octanol–water partition coefficient (Wildman–Crippen LogP) is 2.14. The smallest absolute Gasteiger partial charge is 0.394 e. The van der Waals surface area contributed by atoms with Crippen LogP contribution >= 0.6 is 0 Å². The molecule has 0 aromatic heterocycles. The Morgan fingerprint density at radius 3 is 2.23 bits per heavy atom. The summed E-state index contributed by atoms with van der Waals surface area (Å²) in [6.07, 6.45) is -3.13. The van der Waals surface area contributed by atoms with Crippen LogP contribution in [-0.2, 0) is 6.54 Å². The molecule has 0 spiro atoms. The Balaban J connectivity index is 2.70. The van der Waals surface area contributed by atoms with Gasteiger partial charge in [0.05, 0.1) is 0 Å². The lowest BCUT2D eigenvalue weighted by Gasteiger charge is -2.12. The number of hydrogen-bond donors (Lipinski definition) is 1. The quantitative estimate of drug-likeness (QED) is 0.786. The largest absolute Gasteiger partial charge is 0.433 e. The summed E-state index contributed by atoms with van der Waals surface area (Å²) in [6.45, 7) is 1.09. The number of ether oxygens (including phenoxy) is 1. The van der Waals surface area contributed by atoms with Gasteiger partial charge in [-0.2, -0.15) is 8.78 Å². The van der Waals surface area contributed by atoms with E-state index in [1.54, 1.807) is 12.1 Å². The van der Waals surface area contributed by atoms with E-state index in [1.165, 1.54) is 12.1 Å². The molecule has 0 heterocycles. The SMILES string of the molecule is CC(F)(F)Oc1ccc(CN)cc1. The second-order valence-electron chi connectivity index (χ2n) is 2.76. The van der Waals surface area contributed by atoms with Crippen molar-refractivity contribution in [3.63, 3.8) is 0 Å². The van der Waals surface area contributed by atoms with E-state index >= 15 is 0 Å². The molecule has 13 heavy (non-hydrogen) atoms. The first-order valence-corrected chi connectivity index (χ1v) is 3.87. The van der Waals surface area contributed by atoms with Crippen LogP contribution in [0.4, 0.5) is 8.78 Å². The Kier molecular flexibility index (Phi) is 2.83. The predicted molar refractivity (Wildman–Crippen MR) is 45.6 cm³/mol. The summed E-state index contributed by atoms with van der Waals surface area (Å²) in [7, 11) is 0. The minimum atomic E-state index is -3.13. The third-order valence-electron chi connectivity index (χ3n) is 1.46. The first-order chi connectivity index (χ1) is 6.01. The van der Waals surface area contributed by atoms with Crippen molar-refractivity contribution >= 4 is 0 Å². The molecule has 0 aliphatic carbocycles. The van der Waals surface area contributed by atoms with Gasteiger partial charge in [-0.3, -0.25) is 0 Å². The van der Waals surface area contributed by atoms with Crippen LogP contribution in [0.25, 0.3) is 0 Å². The lowest BCUT2D eigenvalue weighted by atomic mass is 10.2. The fourth-order valence-corrected chi connectivity index (χ4v) is 0.901. The van der Waals surface area contributed by atoms with Crippen LogP contribution in [0.5, 0.6) is 5.75 Å². The van der Waals surface area contributed by atoms with E-state index in [1.807, 2.05) is 0 Å². The van der Waals surface area contributed by atoms with E-state index in [-0.39, 0.29) is 5.75 Å². The summed E-state index contributed by atoms with van der Waals surface area (Å²) in [5.74, 6) is 0.143. The second kappa shape index (κ2) is 3.70. The molecule has 0 aliphatic heterocycles. The Bertz CT molecular complexity index is 266. The van der Waals surface area contributed by atoms with Gasteiger partial charge in [0.2, 0.25) is 0 Å². The zero-order valence-corrected chi connectivity index (χ0v) is 7.26. The molecule has 0 bridgehead atoms. The molecule has 0 aliphatic rings. The second-order valence-corrected chi connectivity index (χ2v) is 2.76. The number of alkyl halides is 2. The van der Waals surface area contributed by atoms with Crippen molar-refractivity contribution < 1.29 is 13.5 Å². The van der Waals surface area contributed by atoms with Gasteiger partial charge < -0.3 is 10.5 Å². The fraction of sp³-hybridized carbons (Fsp3) is 0.333. The number of benzene rings is 1. The zero-order valence-electron chi connectivity index (χ0n) is 7.26. The van der Waals surface area contributed by atoms with Crippen LogP contribution < -0.4 is 10.5 Å². The highest BCUT2D eigenvalue weighted by molar-refractivity contribution is 5.27. The van der Waals surface area contributed by atoms with Crippen LogP contribution in [0.15, 0.2) is 24.3 Å². The zero-order chi connectivity index (χ0) is 9.90. The van der Waals surface area contributed by atoms with Crippen molar-refractivity contribution in [1.29, 1.82) is 0 Å². The van der Waals surface area contributed by atoms with Crippen molar-refractivity contribution in [2.24, 2.45) is 5.73 Å². The Hall–Kier alpha value is -1.16. The molecule has 2 N–H and O–H groups in total. The minimum Gasteiger partial charge on any atom is -0.433 e. The first-order valence-electron chi connectivity index (χ1n) is 3.87. The molecule has 1 aromatic rings. The van der Waals surface area contributed by atoms with Crippen molar-refractivity contribution in [3.05, 3.63) is 29.8 Å². The number of hydrogen-bond acceptors (Lipinski definition) is 2. The highest BCUT2D eigenvalue weighted by Crippen LogP contribution is 2.20. The van der Waals surface area contributed by atoms with Gasteiger partial charge in [-0.15, -0.1) is 0 Å². The van der Waals surface area contributed by atoms with Crippen molar-refractivity contribution in [2.75, 3.05) is 0 Å². The maximum atomic E-state index is 12.3. The molecule has 0 radical (unpaired) electrons. The third-order valence-corrected chi connectivity index (χ3v) is 1.46. The molecule has 4 heteroatoms. The highest BCUT2D eigenvalue weighted by Gasteiger charge is 2.22. The van der Waals surface area contributed by atoms with E-state index in [2.05, 4.69) is 4.74 Å². The van der Waals surface area contributed by atoms with Crippen LogP contribution in [0.1, 0.15) is 12.5 Å². The van der Waals surface area contributed by atoms with Gasteiger partial charge in [-0.05, 0) is 17.7 Å². The van der Waals surface area contributed by atoms with E-state index in [0.717, 1.165) is 5.56 Å². The summed E-state index contributed by atoms with van der Waals surface area (Å²) in [5.41, 5.74) is 6.22. The standard InChI is InChI=1S/C9H11F2NO/c1-9(10,11)13-8-4-2-7(6-12)3-5-8/h2-5H,6,12H2,1H3. The number of nitrogens with two attached hydrogens (primary N) is 1. The summed E-state index contributed by atoms with van der Waals surface area (Å²) in [5, 5.41) is 0. The third kappa shape index (κ3) is 3.38. The van der Waals surface area contributed by atoms with Crippen molar-refractivity contribution in [2.45, 2.75) is 19.6 Å². The van der Waals surface area contributed by atoms with Gasteiger partial charge in [0.25, 0.3) is 0 Å². The lowest BCUT2D eigenvalue weighted by Crippen LogP contribution is -2.19. The number of halogens is 2. The molecule has 0 unspecified atom stereocenters. The van der Waals surface area contributed by atoms with Gasteiger partial charge >= 0.3 is 6.11 Å². The monoisotopic (exact) mass is 187 g/mol. The summed E-state index contributed by atoms with van der Waals surface area (Å²) in [4.78, 5) is 0. The molecule has 0 saturated carbocycles. The molecular weight excluding hydrogens is 176 g/mol. The molecule has 1 aromatic carbocycles. The van der Waals surface area contributed by atoms with E-state index < -0.39 is 6.11 Å². The normalized spacial score (nSPS) is 11.4. The van der Waals surface area contributed by atoms with E-state index in [4.69, 9.17) is 5.73 Å².